The number of hydrogen-bond acceptors (Lipinski definition) is 5. The molecular formula is C6H13NO4S. The third-order valence-corrected chi connectivity index (χ3v) is 1.51. The minimum absolute atomic E-state index is 0. The molecule has 0 heterocycles. The molecule has 0 unspecified atom stereocenters. The van der Waals surface area contributed by atoms with Crippen molar-refractivity contribution < 1.29 is 16.8 Å². The van der Waals surface area contributed by atoms with Gasteiger partial charge < -0.3 is 6.15 Å². The largest absolute Gasteiger partial charge is 0.400 e. The smallest absolute Gasteiger partial charge is 0.344 e. The Bertz CT molecular complexity index is 204. The van der Waals surface area contributed by atoms with E-state index in [0.29, 0.717) is 0 Å². The average molecular weight is 195 g/mol. The lowest BCUT2D eigenvalue weighted by Gasteiger charge is -2.00. The van der Waals surface area contributed by atoms with Gasteiger partial charge in [-0.05, 0) is 0 Å². The normalized spacial score (nSPS) is 10.0. The van der Waals surface area contributed by atoms with Crippen LogP contribution in [0.2, 0.25) is 0 Å². The molecule has 0 aliphatic carbocycles. The fraction of sp³-hybridized carbons (Fsp3) is 0.333. The highest BCUT2D eigenvalue weighted by molar-refractivity contribution is 7.81. The lowest BCUT2D eigenvalue weighted by molar-refractivity contribution is 0.247. The van der Waals surface area contributed by atoms with Crippen molar-refractivity contribution in [1.29, 1.82) is 0 Å². The van der Waals surface area contributed by atoms with Crippen molar-refractivity contribution in [3.8, 4) is 0 Å². The summed E-state index contributed by atoms with van der Waals surface area (Å²) in [5.74, 6) is 0. The van der Waals surface area contributed by atoms with Gasteiger partial charge in [0.15, 0.2) is 0 Å². The molecule has 0 radical (unpaired) electrons. The Morgan fingerprint density at radius 2 is 1.42 bits per heavy atom. The topological polar surface area (TPSA) is 87.6 Å². The van der Waals surface area contributed by atoms with Gasteiger partial charge in [-0.25, -0.2) is 8.37 Å². The Hall–Kier alpha value is -0.690. The number of rotatable bonds is 6. The Kier molecular flexibility index (Phi) is 8.07. The van der Waals surface area contributed by atoms with Crippen LogP contribution in [-0.4, -0.2) is 21.6 Å². The van der Waals surface area contributed by atoms with Crippen LogP contribution in [0.3, 0.4) is 0 Å². The predicted octanol–water partition coefficient (Wildman–Crippen LogP) is 0.798. The second-order valence-corrected chi connectivity index (χ2v) is 2.84. The molecule has 6 heteroatoms. The molecule has 72 valence electrons. The van der Waals surface area contributed by atoms with Crippen LogP contribution in [-0.2, 0) is 18.8 Å². The molecule has 0 aromatic carbocycles. The van der Waals surface area contributed by atoms with Crippen LogP contribution in [0.5, 0.6) is 0 Å². The zero-order chi connectivity index (χ0) is 8.74. The fourth-order valence-electron chi connectivity index (χ4n) is 0.297. The third kappa shape index (κ3) is 7.42. The van der Waals surface area contributed by atoms with Crippen LogP contribution in [0.4, 0.5) is 0 Å². The summed E-state index contributed by atoms with van der Waals surface area (Å²) in [6.07, 6.45) is 2.63. The molecule has 5 nitrogen and oxygen atoms in total. The Morgan fingerprint density at radius 3 is 1.67 bits per heavy atom. The Labute approximate surface area is 72.6 Å². The molecular weight excluding hydrogens is 182 g/mol. The zero-order valence-electron chi connectivity index (χ0n) is 6.73. The number of hydrogen-bond donors (Lipinski definition) is 1. The summed E-state index contributed by atoms with van der Waals surface area (Å²) in [5.41, 5.74) is 0. The first kappa shape index (κ1) is 13.9. The predicted molar refractivity (Wildman–Crippen MR) is 46.2 cm³/mol. The quantitative estimate of drug-likeness (QED) is 0.633. The summed E-state index contributed by atoms with van der Waals surface area (Å²) < 4.78 is 29.7. The van der Waals surface area contributed by atoms with Crippen LogP contribution >= 0.6 is 0 Å². The van der Waals surface area contributed by atoms with Gasteiger partial charge in [0.2, 0.25) is 0 Å². The van der Waals surface area contributed by atoms with Crippen molar-refractivity contribution in [2.24, 2.45) is 0 Å². The van der Waals surface area contributed by atoms with Crippen molar-refractivity contribution in [3.63, 3.8) is 0 Å². The molecule has 0 aliphatic rings. The van der Waals surface area contributed by atoms with E-state index in [1.165, 1.54) is 12.2 Å². The Balaban J connectivity index is 0. The van der Waals surface area contributed by atoms with E-state index in [1.54, 1.807) is 0 Å². The van der Waals surface area contributed by atoms with Crippen LogP contribution in [0.25, 0.3) is 0 Å². The van der Waals surface area contributed by atoms with Gasteiger partial charge in [0.1, 0.15) is 0 Å². The highest BCUT2D eigenvalue weighted by atomic mass is 32.3. The molecule has 0 fully saturated rings. The maximum atomic E-state index is 10.6. The van der Waals surface area contributed by atoms with E-state index < -0.39 is 10.4 Å². The van der Waals surface area contributed by atoms with Gasteiger partial charge in [-0.2, -0.15) is 8.42 Å². The maximum Gasteiger partial charge on any atom is 0.400 e. The van der Waals surface area contributed by atoms with Gasteiger partial charge in [0, 0.05) is 0 Å². The molecule has 12 heavy (non-hydrogen) atoms. The lowest BCUT2D eigenvalue weighted by Crippen LogP contribution is -2.09. The molecule has 0 amide bonds. The van der Waals surface area contributed by atoms with Crippen LogP contribution in [0.15, 0.2) is 25.3 Å². The monoisotopic (exact) mass is 195 g/mol. The lowest BCUT2D eigenvalue weighted by atomic mass is 10.7. The minimum atomic E-state index is -3.85. The van der Waals surface area contributed by atoms with E-state index in [4.69, 9.17) is 0 Å². The molecule has 0 saturated carbocycles. The van der Waals surface area contributed by atoms with Crippen LogP contribution < -0.4 is 6.15 Å². The highest BCUT2D eigenvalue weighted by Crippen LogP contribution is 1.94. The first-order valence-electron chi connectivity index (χ1n) is 2.88. The van der Waals surface area contributed by atoms with Crippen molar-refractivity contribution in [1.82, 2.24) is 6.15 Å². The van der Waals surface area contributed by atoms with E-state index in [9.17, 15) is 8.42 Å². The summed E-state index contributed by atoms with van der Waals surface area (Å²) in [6.45, 7) is 6.39. The van der Waals surface area contributed by atoms with E-state index >= 15 is 0 Å². The minimum Gasteiger partial charge on any atom is -0.344 e. The fourth-order valence-corrected chi connectivity index (χ4v) is 0.891. The zero-order valence-corrected chi connectivity index (χ0v) is 7.55. The first-order chi connectivity index (χ1) is 5.12. The van der Waals surface area contributed by atoms with Crippen molar-refractivity contribution in [2.75, 3.05) is 13.2 Å². The molecule has 0 rings (SSSR count). The van der Waals surface area contributed by atoms with Crippen molar-refractivity contribution >= 4 is 10.4 Å². The second kappa shape index (κ2) is 6.99. The van der Waals surface area contributed by atoms with Gasteiger partial charge in [-0.3, -0.25) is 0 Å². The Morgan fingerprint density at radius 1 is 1.08 bits per heavy atom. The van der Waals surface area contributed by atoms with Crippen LogP contribution in [0.1, 0.15) is 0 Å². The molecule has 0 aromatic rings. The standard InChI is InChI=1S/C6H10O4S.H3N/c1-3-5-9-11(7,8)10-6-4-2;/h3-4H,1-2,5-6H2;1H3. The molecule has 0 aliphatic heterocycles. The average Bonchev–Trinajstić information content (AvgIpc) is 1.97. The molecule has 0 aromatic heterocycles. The highest BCUT2D eigenvalue weighted by Gasteiger charge is 2.08. The molecule has 0 saturated heterocycles. The van der Waals surface area contributed by atoms with Gasteiger partial charge in [0.25, 0.3) is 0 Å². The summed E-state index contributed by atoms with van der Waals surface area (Å²) in [5, 5.41) is 0. The SMILES string of the molecule is C=CCOS(=O)(=O)OCC=C.N. The summed E-state index contributed by atoms with van der Waals surface area (Å²) in [4.78, 5) is 0. The van der Waals surface area contributed by atoms with Gasteiger partial charge in [-0.1, -0.05) is 12.2 Å². The third-order valence-electron chi connectivity index (χ3n) is 0.660. The van der Waals surface area contributed by atoms with E-state index in [2.05, 4.69) is 21.5 Å². The summed E-state index contributed by atoms with van der Waals surface area (Å²) in [6, 6.07) is 0. The van der Waals surface area contributed by atoms with E-state index in [0.717, 1.165) is 0 Å². The van der Waals surface area contributed by atoms with E-state index in [-0.39, 0.29) is 19.4 Å². The van der Waals surface area contributed by atoms with Gasteiger partial charge in [0.05, 0.1) is 13.2 Å². The molecule has 0 spiro atoms. The molecule has 3 N–H and O–H groups in total. The maximum absolute atomic E-state index is 10.6. The molecule has 0 atom stereocenters. The van der Waals surface area contributed by atoms with Crippen molar-refractivity contribution in [2.45, 2.75) is 0 Å². The van der Waals surface area contributed by atoms with E-state index in [1.807, 2.05) is 0 Å². The second-order valence-electron chi connectivity index (χ2n) is 1.55. The summed E-state index contributed by atoms with van der Waals surface area (Å²) in [7, 11) is -3.85. The van der Waals surface area contributed by atoms with Gasteiger partial charge >= 0.3 is 10.4 Å². The van der Waals surface area contributed by atoms with Gasteiger partial charge in [-0.15, -0.1) is 13.2 Å². The summed E-state index contributed by atoms with van der Waals surface area (Å²) >= 11 is 0. The van der Waals surface area contributed by atoms with Crippen molar-refractivity contribution in [3.05, 3.63) is 25.3 Å². The van der Waals surface area contributed by atoms with Crippen LogP contribution in [0, 0.1) is 0 Å². The molecule has 0 bridgehead atoms. The first-order valence-corrected chi connectivity index (χ1v) is 4.21.